The van der Waals surface area contributed by atoms with Gasteiger partial charge in [-0.1, -0.05) is 36.8 Å². The van der Waals surface area contributed by atoms with Crippen LogP contribution < -0.4 is 11.1 Å². The fourth-order valence-electron chi connectivity index (χ4n) is 2.10. The summed E-state index contributed by atoms with van der Waals surface area (Å²) in [6.07, 6.45) is 2.32. The van der Waals surface area contributed by atoms with E-state index < -0.39 is 5.41 Å². The zero-order chi connectivity index (χ0) is 13.2. The molecule has 0 bridgehead atoms. The van der Waals surface area contributed by atoms with E-state index in [-0.39, 0.29) is 23.3 Å². The molecule has 0 radical (unpaired) electrons. The number of amides is 1. The lowest BCUT2D eigenvalue weighted by molar-refractivity contribution is -0.131. The Hall–Kier alpha value is -1.49. The first-order valence-corrected chi connectivity index (χ1v) is 6.29. The molecule has 96 valence electrons. The third kappa shape index (κ3) is 2.22. The van der Waals surface area contributed by atoms with Crippen LogP contribution >= 0.6 is 12.2 Å². The lowest BCUT2D eigenvalue weighted by Gasteiger charge is -2.39. The zero-order valence-corrected chi connectivity index (χ0v) is 10.7. The predicted molar refractivity (Wildman–Crippen MR) is 71.3 cm³/mol. The summed E-state index contributed by atoms with van der Waals surface area (Å²) in [4.78, 5) is 12.3. The molecule has 0 aliphatic heterocycles. The fourth-order valence-corrected chi connectivity index (χ4v) is 2.40. The van der Waals surface area contributed by atoms with Gasteiger partial charge in [-0.2, -0.15) is 0 Å². The van der Waals surface area contributed by atoms with Gasteiger partial charge in [0.15, 0.2) is 0 Å². The molecule has 0 atom stereocenters. The number of rotatable bonds is 4. The molecule has 18 heavy (non-hydrogen) atoms. The quantitative estimate of drug-likeness (QED) is 0.818. The third-order valence-electron chi connectivity index (χ3n) is 3.51. The largest absolute Gasteiger partial charge is 0.392 e. The molecule has 1 aliphatic carbocycles. The minimum absolute atomic E-state index is 0.163. The van der Waals surface area contributed by atoms with Gasteiger partial charge in [0.1, 0.15) is 5.82 Å². The van der Waals surface area contributed by atoms with Gasteiger partial charge in [-0.25, -0.2) is 4.39 Å². The molecule has 5 heteroatoms. The Morgan fingerprint density at radius 3 is 2.61 bits per heavy atom. The summed E-state index contributed by atoms with van der Waals surface area (Å²) in [6, 6.07) is 6.36. The molecular weight excluding hydrogens is 251 g/mol. The number of nitrogens with one attached hydrogen (secondary N) is 1. The van der Waals surface area contributed by atoms with Gasteiger partial charge in [0.2, 0.25) is 5.91 Å². The second-order valence-electron chi connectivity index (χ2n) is 4.57. The Bertz CT molecular complexity index is 486. The van der Waals surface area contributed by atoms with Crippen LogP contribution in [0.25, 0.3) is 0 Å². The summed E-state index contributed by atoms with van der Waals surface area (Å²) in [5, 5.41) is 2.72. The van der Waals surface area contributed by atoms with Gasteiger partial charge >= 0.3 is 0 Å². The number of halogens is 1. The van der Waals surface area contributed by atoms with Gasteiger partial charge in [0.05, 0.1) is 10.4 Å². The second-order valence-corrected chi connectivity index (χ2v) is 5.01. The zero-order valence-electron chi connectivity index (χ0n) is 9.91. The molecule has 0 heterocycles. The van der Waals surface area contributed by atoms with Crippen molar-refractivity contribution in [1.82, 2.24) is 5.32 Å². The number of hydrogen-bond donors (Lipinski definition) is 2. The van der Waals surface area contributed by atoms with E-state index in [9.17, 15) is 9.18 Å². The average Bonchev–Trinajstić information content (AvgIpc) is 2.26. The molecule has 3 N–H and O–H groups in total. The van der Waals surface area contributed by atoms with Crippen LogP contribution in [0, 0.1) is 11.2 Å². The maximum Gasteiger partial charge on any atom is 0.233 e. The molecule has 0 aromatic heterocycles. The minimum Gasteiger partial charge on any atom is -0.392 e. The first-order valence-electron chi connectivity index (χ1n) is 5.88. The monoisotopic (exact) mass is 266 g/mol. The molecular formula is C13H15FN2OS. The van der Waals surface area contributed by atoms with E-state index >= 15 is 0 Å². The van der Waals surface area contributed by atoms with Gasteiger partial charge in [-0.15, -0.1) is 0 Å². The number of benzene rings is 1. The van der Waals surface area contributed by atoms with Gasteiger partial charge in [0, 0.05) is 12.1 Å². The first-order chi connectivity index (χ1) is 8.56. The maximum atomic E-state index is 13.4. The summed E-state index contributed by atoms with van der Waals surface area (Å²) >= 11 is 4.96. The maximum absolute atomic E-state index is 13.4. The molecule has 0 saturated heterocycles. The van der Waals surface area contributed by atoms with E-state index in [0.717, 1.165) is 6.42 Å². The highest BCUT2D eigenvalue weighted by molar-refractivity contribution is 7.80. The predicted octanol–water partition coefficient (Wildman–Crippen LogP) is 1.90. The van der Waals surface area contributed by atoms with E-state index in [1.165, 1.54) is 6.07 Å². The molecule has 1 amide bonds. The first kappa shape index (κ1) is 13.0. The van der Waals surface area contributed by atoms with Gasteiger partial charge < -0.3 is 11.1 Å². The van der Waals surface area contributed by atoms with Crippen LogP contribution in [-0.2, 0) is 11.3 Å². The fraction of sp³-hybridized carbons (Fsp3) is 0.385. The van der Waals surface area contributed by atoms with Gasteiger partial charge in [0.25, 0.3) is 0 Å². The molecule has 1 saturated carbocycles. The van der Waals surface area contributed by atoms with E-state index in [0.29, 0.717) is 18.4 Å². The van der Waals surface area contributed by atoms with Crippen molar-refractivity contribution in [2.75, 3.05) is 0 Å². The van der Waals surface area contributed by atoms with Crippen LogP contribution in [0.2, 0.25) is 0 Å². The van der Waals surface area contributed by atoms with Crippen molar-refractivity contribution in [2.45, 2.75) is 25.8 Å². The number of thiocarbonyl (C=S) groups is 1. The molecule has 0 unspecified atom stereocenters. The van der Waals surface area contributed by atoms with E-state index in [4.69, 9.17) is 18.0 Å². The highest BCUT2D eigenvalue weighted by Gasteiger charge is 2.46. The summed E-state index contributed by atoms with van der Waals surface area (Å²) in [5.41, 5.74) is 5.38. The smallest absolute Gasteiger partial charge is 0.233 e. The summed E-state index contributed by atoms with van der Waals surface area (Å²) in [6.45, 7) is 0.163. The Morgan fingerprint density at radius 2 is 2.11 bits per heavy atom. The molecule has 3 nitrogen and oxygen atoms in total. The Morgan fingerprint density at radius 1 is 1.44 bits per heavy atom. The van der Waals surface area contributed by atoms with Crippen molar-refractivity contribution >= 4 is 23.1 Å². The topological polar surface area (TPSA) is 55.1 Å². The van der Waals surface area contributed by atoms with Crippen LogP contribution in [0.5, 0.6) is 0 Å². The highest BCUT2D eigenvalue weighted by Crippen LogP contribution is 2.41. The van der Waals surface area contributed by atoms with Crippen molar-refractivity contribution < 1.29 is 9.18 Å². The number of nitrogens with two attached hydrogens (primary N) is 1. The van der Waals surface area contributed by atoms with Gasteiger partial charge in [-0.3, -0.25) is 4.79 Å². The summed E-state index contributed by atoms with van der Waals surface area (Å²) in [5.74, 6) is -0.514. The minimum atomic E-state index is -0.708. The molecule has 1 aromatic carbocycles. The number of hydrogen-bond acceptors (Lipinski definition) is 2. The van der Waals surface area contributed by atoms with Crippen LogP contribution in [0.15, 0.2) is 24.3 Å². The Balaban J connectivity index is 2.01. The van der Waals surface area contributed by atoms with Crippen LogP contribution in [0.1, 0.15) is 24.8 Å². The molecule has 1 aromatic rings. The average molecular weight is 266 g/mol. The van der Waals surface area contributed by atoms with Crippen molar-refractivity contribution in [2.24, 2.45) is 11.1 Å². The normalized spacial score (nSPS) is 16.7. The van der Waals surface area contributed by atoms with Crippen molar-refractivity contribution in [3.8, 4) is 0 Å². The number of carbonyl (C=O) groups is 1. The van der Waals surface area contributed by atoms with Crippen LogP contribution in [0.4, 0.5) is 4.39 Å². The van der Waals surface area contributed by atoms with Crippen LogP contribution in [-0.4, -0.2) is 10.9 Å². The summed E-state index contributed by atoms with van der Waals surface area (Å²) < 4.78 is 13.4. The van der Waals surface area contributed by atoms with E-state index in [1.807, 2.05) is 0 Å². The molecule has 0 spiro atoms. The van der Waals surface area contributed by atoms with Crippen molar-refractivity contribution in [1.29, 1.82) is 0 Å². The Labute approximate surface area is 111 Å². The number of carbonyl (C=O) groups excluding carboxylic acids is 1. The van der Waals surface area contributed by atoms with E-state index in [1.54, 1.807) is 18.2 Å². The lowest BCUT2D eigenvalue weighted by atomic mass is 9.68. The molecule has 2 rings (SSSR count). The third-order valence-corrected chi connectivity index (χ3v) is 3.90. The van der Waals surface area contributed by atoms with Crippen molar-refractivity contribution in [3.05, 3.63) is 35.6 Å². The second kappa shape index (κ2) is 5.02. The van der Waals surface area contributed by atoms with Crippen LogP contribution in [0.3, 0.4) is 0 Å². The standard InChI is InChI=1S/C13H15FN2OS/c14-10-5-2-1-4-9(10)8-16-12(17)13(11(15)18)6-3-7-13/h1-2,4-5H,3,6-8H2,(H2,15,18)(H,16,17). The lowest BCUT2D eigenvalue weighted by Crippen LogP contribution is -2.52. The van der Waals surface area contributed by atoms with Gasteiger partial charge in [-0.05, 0) is 18.9 Å². The molecule has 1 fully saturated rings. The van der Waals surface area contributed by atoms with Crippen molar-refractivity contribution in [3.63, 3.8) is 0 Å². The highest BCUT2D eigenvalue weighted by atomic mass is 32.1. The summed E-state index contributed by atoms with van der Waals surface area (Å²) in [7, 11) is 0. The van der Waals surface area contributed by atoms with E-state index in [2.05, 4.69) is 5.32 Å². The molecule has 1 aliphatic rings. The SMILES string of the molecule is NC(=S)C1(C(=O)NCc2ccccc2F)CCC1. The Kier molecular flexibility index (Phi) is 3.61.